The maximum Gasteiger partial charge on any atom is 0.347 e. The zero-order valence-corrected chi connectivity index (χ0v) is 12.6. The fourth-order valence-corrected chi connectivity index (χ4v) is 2.90. The fraction of sp³-hybridized carbons (Fsp3) is 0.143. The number of nitrogens with one attached hydrogen (secondary N) is 2. The van der Waals surface area contributed by atoms with Crippen molar-refractivity contribution in [2.24, 2.45) is 0 Å². The first-order valence-corrected chi connectivity index (χ1v) is 7.37. The van der Waals surface area contributed by atoms with Crippen LogP contribution in [0.15, 0.2) is 41.6 Å². The number of hydrogen-bond donors (Lipinski definition) is 2. The van der Waals surface area contributed by atoms with Crippen LogP contribution in [0.5, 0.6) is 0 Å². The summed E-state index contributed by atoms with van der Waals surface area (Å²) in [7, 11) is 0. The lowest BCUT2D eigenvalue weighted by atomic mass is 10.1. The second-order valence-electron chi connectivity index (χ2n) is 4.69. The van der Waals surface area contributed by atoms with Crippen LogP contribution >= 0.6 is 11.3 Å². The molecule has 0 bridgehead atoms. The van der Waals surface area contributed by atoms with Gasteiger partial charge in [0.25, 0.3) is 0 Å². The zero-order chi connectivity index (χ0) is 15.5. The van der Waals surface area contributed by atoms with E-state index in [0.717, 1.165) is 22.5 Å². The summed E-state index contributed by atoms with van der Waals surface area (Å²) >= 11 is 1.45. The highest BCUT2D eigenvalue weighted by Crippen LogP contribution is 2.21. The van der Waals surface area contributed by atoms with Crippen molar-refractivity contribution in [2.75, 3.05) is 5.32 Å². The Morgan fingerprint density at radius 3 is 2.77 bits per heavy atom. The minimum absolute atomic E-state index is 0.129. The largest absolute Gasteiger partial charge is 0.347 e. The van der Waals surface area contributed by atoms with E-state index in [2.05, 4.69) is 20.5 Å². The molecule has 2 heterocycles. The molecule has 0 radical (unpaired) electrons. The van der Waals surface area contributed by atoms with Crippen LogP contribution in [-0.4, -0.2) is 25.7 Å². The summed E-state index contributed by atoms with van der Waals surface area (Å²) < 4.78 is 1.44. The lowest BCUT2D eigenvalue weighted by Crippen LogP contribution is -2.13. The molecule has 0 atom stereocenters. The SMILES string of the molecule is CC(=O)Nc1ncc(Cc2ccc(-n3cn[nH]c3=O)cc2)s1. The van der Waals surface area contributed by atoms with Gasteiger partial charge in [-0.05, 0) is 17.7 Å². The molecule has 0 saturated heterocycles. The second kappa shape index (κ2) is 5.94. The molecule has 0 aliphatic rings. The first kappa shape index (κ1) is 14.2. The van der Waals surface area contributed by atoms with Gasteiger partial charge in [-0.25, -0.2) is 19.4 Å². The molecule has 3 aromatic rings. The minimum atomic E-state index is -0.268. The Hall–Kier alpha value is -2.74. The van der Waals surface area contributed by atoms with Gasteiger partial charge in [-0.1, -0.05) is 12.1 Å². The van der Waals surface area contributed by atoms with Gasteiger partial charge >= 0.3 is 5.69 Å². The number of hydrogen-bond acceptors (Lipinski definition) is 5. The van der Waals surface area contributed by atoms with Crippen LogP contribution in [0.25, 0.3) is 5.69 Å². The number of thiazole rings is 1. The zero-order valence-electron chi connectivity index (χ0n) is 11.7. The molecular formula is C14H13N5O2S. The number of aromatic amines is 1. The first-order valence-electron chi connectivity index (χ1n) is 6.55. The van der Waals surface area contributed by atoms with Gasteiger partial charge in [0.05, 0.1) is 5.69 Å². The standard InChI is InChI=1S/C14H13N5O2S/c1-9(20)17-13-15-7-12(22-13)6-10-2-4-11(5-3-10)19-8-16-18-14(19)21/h2-5,7-8H,6H2,1H3,(H,18,21)(H,15,17,20). The maximum absolute atomic E-state index is 11.5. The molecule has 112 valence electrons. The van der Waals surface area contributed by atoms with Gasteiger partial charge in [0, 0.05) is 24.4 Å². The van der Waals surface area contributed by atoms with E-state index in [4.69, 9.17) is 0 Å². The number of rotatable bonds is 4. The van der Waals surface area contributed by atoms with Crippen molar-refractivity contribution in [3.63, 3.8) is 0 Å². The fourth-order valence-electron chi connectivity index (χ4n) is 2.01. The number of carbonyl (C=O) groups is 1. The van der Waals surface area contributed by atoms with Gasteiger partial charge in [-0.15, -0.1) is 11.3 Å². The lowest BCUT2D eigenvalue weighted by Gasteiger charge is -2.02. The van der Waals surface area contributed by atoms with Crippen LogP contribution in [0.1, 0.15) is 17.4 Å². The van der Waals surface area contributed by atoms with E-state index in [1.165, 1.54) is 29.2 Å². The summed E-state index contributed by atoms with van der Waals surface area (Å²) in [5.74, 6) is -0.129. The van der Waals surface area contributed by atoms with Gasteiger partial charge < -0.3 is 5.32 Å². The highest BCUT2D eigenvalue weighted by molar-refractivity contribution is 7.15. The van der Waals surface area contributed by atoms with Crippen molar-refractivity contribution in [2.45, 2.75) is 13.3 Å². The Bertz CT molecular complexity index is 847. The summed E-state index contributed by atoms with van der Waals surface area (Å²) in [6.45, 7) is 1.46. The average molecular weight is 315 g/mol. The average Bonchev–Trinajstić information content (AvgIpc) is 3.08. The number of benzene rings is 1. The molecule has 2 N–H and O–H groups in total. The Labute approximate surface area is 129 Å². The number of anilines is 1. The van der Waals surface area contributed by atoms with Crippen molar-refractivity contribution in [3.8, 4) is 5.69 Å². The van der Waals surface area contributed by atoms with Gasteiger partial charge in [0.1, 0.15) is 6.33 Å². The third kappa shape index (κ3) is 3.12. The predicted molar refractivity (Wildman–Crippen MR) is 83.4 cm³/mol. The van der Waals surface area contributed by atoms with Crippen LogP contribution < -0.4 is 11.0 Å². The Balaban J connectivity index is 1.74. The Morgan fingerprint density at radius 1 is 1.36 bits per heavy atom. The summed E-state index contributed by atoms with van der Waals surface area (Å²) in [6.07, 6.45) is 3.92. The molecule has 0 aliphatic heterocycles. The molecule has 3 rings (SSSR count). The van der Waals surface area contributed by atoms with Crippen LogP contribution in [0.4, 0.5) is 5.13 Å². The number of carbonyl (C=O) groups excluding carboxylic acids is 1. The van der Waals surface area contributed by atoms with Crippen LogP contribution in [-0.2, 0) is 11.2 Å². The van der Waals surface area contributed by atoms with Crippen molar-refractivity contribution in [1.82, 2.24) is 19.7 Å². The summed E-state index contributed by atoms with van der Waals surface area (Å²) in [6, 6.07) is 7.63. The third-order valence-electron chi connectivity index (χ3n) is 2.98. The highest BCUT2D eigenvalue weighted by atomic mass is 32.1. The first-order chi connectivity index (χ1) is 10.6. The second-order valence-corrected chi connectivity index (χ2v) is 5.80. The van der Waals surface area contributed by atoms with Crippen LogP contribution in [0.2, 0.25) is 0 Å². The van der Waals surface area contributed by atoms with Gasteiger partial charge in [-0.2, -0.15) is 5.10 Å². The molecule has 8 heteroatoms. The topological polar surface area (TPSA) is 92.7 Å². The molecule has 1 aromatic carbocycles. The summed E-state index contributed by atoms with van der Waals surface area (Å²) in [5.41, 5.74) is 1.58. The van der Waals surface area contributed by atoms with Crippen molar-refractivity contribution >= 4 is 22.4 Å². The number of amides is 1. The molecule has 7 nitrogen and oxygen atoms in total. The van der Waals surface area contributed by atoms with E-state index in [-0.39, 0.29) is 11.6 Å². The van der Waals surface area contributed by atoms with Crippen molar-refractivity contribution in [1.29, 1.82) is 0 Å². The minimum Gasteiger partial charge on any atom is -0.302 e. The van der Waals surface area contributed by atoms with Crippen molar-refractivity contribution in [3.05, 3.63) is 57.7 Å². The van der Waals surface area contributed by atoms with Gasteiger partial charge in [0.2, 0.25) is 5.91 Å². The van der Waals surface area contributed by atoms with E-state index in [1.807, 2.05) is 24.3 Å². The molecule has 2 aromatic heterocycles. The van der Waals surface area contributed by atoms with Crippen LogP contribution in [0.3, 0.4) is 0 Å². The maximum atomic E-state index is 11.5. The van der Waals surface area contributed by atoms with E-state index >= 15 is 0 Å². The van der Waals surface area contributed by atoms with Gasteiger partial charge in [-0.3, -0.25) is 4.79 Å². The van der Waals surface area contributed by atoms with E-state index in [9.17, 15) is 9.59 Å². The smallest absolute Gasteiger partial charge is 0.302 e. The number of H-pyrrole nitrogens is 1. The predicted octanol–water partition coefficient (Wildman–Crippen LogP) is 1.57. The molecule has 0 unspecified atom stereocenters. The third-order valence-corrected chi connectivity index (χ3v) is 3.89. The van der Waals surface area contributed by atoms with E-state index in [1.54, 1.807) is 6.20 Å². The molecule has 0 saturated carbocycles. The molecular weight excluding hydrogens is 302 g/mol. The molecule has 1 amide bonds. The van der Waals surface area contributed by atoms with Gasteiger partial charge in [0.15, 0.2) is 5.13 Å². The van der Waals surface area contributed by atoms with E-state index in [0.29, 0.717) is 5.13 Å². The van der Waals surface area contributed by atoms with Crippen molar-refractivity contribution < 1.29 is 4.79 Å². The van der Waals surface area contributed by atoms with E-state index < -0.39 is 0 Å². The summed E-state index contributed by atoms with van der Waals surface area (Å²) in [4.78, 5) is 27.7. The molecule has 0 aliphatic carbocycles. The monoisotopic (exact) mass is 315 g/mol. The Morgan fingerprint density at radius 2 is 2.14 bits per heavy atom. The number of aromatic nitrogens is 4. The molecule has 0 spiro atoms. The number of nitrogens with zero attached hydrogens (tertiary/aromatic N) is 3. The lowest BCUT2D eigenvalue weighted by molar-refractivity contribution is -0.114. The highest BCUT2D eigenvalue weighted by Gasteiger charge is 2.05. The summed E-state index contributed by atoms with van der Waals surface area (Å²) in [5, 5.41) is 9.32. The Kier molecular flexibility index (Phi) is 3.84. The normalized spacial score (nSPS) is 10.6. The quantitative estimate of drug-likeness (QED) is 0.764. The molecule has 22 heavy (non-hydrogen) atoms. The molecule has 0 fully saturated rings. The van der Waals surface area contributed by atoms with Crippen LogP contribution in [0, 0.1) is 0 Å².